The first-order chi connectivity index (χ1) is 7.50. The highest BCUT2D eigenvalue weighted by atomic mass is 35.5. The summed E-state index contributed by atoms with van der Waals surface area (Å²) in [5.41, 5.74) is 6.25. The average Bonchev–Trinajstić information content (AvgIpc) is 2.21. The number of esters is 1. The summed E-state index contributed by atoms with van der Waals surface area (Å²) < 4.78 is 4.94. The number of nitrogens with two attached hydrogens (primary N) is 1. The van der Waals surface area contributed by atoms with E-state index in [1.54, 1.807) is 19.1 Å². The van der Waals surface area contributed by atoms with E-state index in [0.717, 1.165) is 0 Å². The van der Waals surface area contributed by atoms with Gasteiger partial charge in [-0.2, -0.15) is 0 Å². The van der Waals surface area contributed by atoms with Crippen LogP contribution in [-0.4, -0.2) is 23.8 Å². The number of benzene rings is 1. The number of hydrogen-bond donors (Lipinski definition) is 2. The molecule has 0 bridgehead atoms. The third-order valence-corrected chi connectivity index (χ3v) is 2.34. The van der Waals surface area contributed by atoms with Crippen LogP contribution in [0.4, 0.5) is 5.69 Å². The Morgan fingerprint density at radius 3 is 2.88 bits per heavy atom. The molecule has 0 aliphatic heterocycles. The predicted octanol–water partition coefficient (Wildman–Crippen LogP) is 1.85. The molecule has 0 fully saturated rings. The first-order valence-corrected chi connectivity index (χ1v) is 5.28. The van der Waals surface area contributed by atoms with Crippen LogP contribution in [0, 0.1) is 0 Å². The van der Waals surface area contributed by atoms with Gasteiger partial charge in [-0.05, 0) is 25.1 Å². The number of nitrogen functional groups attached to an aromatic ring is 1. The number of halogens is 1. The standard InChI is InChI=1S/C11H14ClNO3/c1-7(14)4-5-16-11(15)8-2-3-9(12)10(13)6-8/h2-3,6-7,14H,4-5,13H2,1H3. The number of hydrogen-bond acceptors (Lipinski definition) is 4. The van der Waals surface area contributed by atoms with Gasteiger partial charge in [0.1, 0.15) is 0 Å². The lowest BCUT2D eigenvalue weighted by Gasteiger charge is -2.07. The van der Waals surface area contributed by atoms with E-state index >= 15 is 0 Å². The minimum absolute atomic E-state index is 0.180. The monoisotopic (exact) mass is 243 g/mol. The van der Waals surface area contributed by atoms with Crippen LogP contribution in [-0.2, 0) is 4.74 Å². The van der Waals surface area contributed by atoms with Gasteiger partial charge in [0.2, 0.25) is 0 Å². The number of aliphatic hydroxyl groups excluding tert-OH is 1. The molecular formula is C11H14ClNO3. The summed E-state index contributed by atoms with van der Waals surface area (Å²) in [6.45, 7) is 1.81. The van der Waals surface area contributed by atoms with Crippen molar-refractivity contribution in [3.63, 3.8) is 0 Å². The zero-order valence-electron chi connectivity index (χ0n) is 8.94. The number of ether oxygens (including phenoxy) is 1. The third-order valence-electron chi connectivity index (χ3n) is 2.00. The van der Waals surface area contributed by atoms with Gasteiger partial charge in [0.15, 0.2) is 0 Å². The van der Waals surface area contributed by atoms with Gasteiger partial charge in [0, 0.05) is 6.42 Å². The fourth-order valence-electron chi connectivity index (χ4n) is 1.08. The second-order valence-electron chi connectivity index (χ2n) is 3.51. The molecule has 0 aliphatic carbocycles. The van der Waals surface area contributed by atoms with Crippen LogP contribution in [0.3, 0.4) is 0 Å². The first-order valence-electron chi connectivity index (χ1n) is 4.91. The smallest absolute Gasteiger partial charge is 0.338 e. The Morgan fingerprint density at radius 1 is 1.62 bits per heavy atom. The zero-order chi connectivity index (χ0) is 12.1. The van der Waals surface area contributed by atoms with E-state index in [0.29, 0.717) is 22.7 Å². The normalized spacial score (nSPS) is 12.2. The minimum Gasteiger partial charge on any atom is -0.462 e. The summed E-state index contributed by atoms with van der Waals surface area (Å²) in [5, 5.41) is 9.39. The number of aliphatic hydroxyl groups is 1. The van der Waals surface area contributed by atoms with E-state index in [2.05, 4.69) is 0 Å². The van der Waals surface area contributed by atoms with Gasteiger partial charge < -0.3 is 15.6 Å². The molecule has 16 heavy (non-hydrogen) atoms. The van der Waals surface area contributed by atoms with Gasteiger partial charge in [0.05, 0.1) is 29.0 Å². The van der Waals surface area contributed by atoms with Crippen molar-refractivity contribution in [1.29, 1.82) is 0 Å². The highest BCUT2D eigenvalue weighted by Crippen LogP contribution is 2.19. The SMILES string of the molecule is CC(O)CCOC(=O)c1ccc(Cl)c(N)c1. The highest BCUT2D eigenvalue weighted by molar-refractivity contribution is 6.33. The van der Waals surface area contributed by atoms with Crippen LogP contribution in [0.2, 0.25) is 5.02 Å². The van der Waals surface area contributed by atoms with Crippen molar-refractivity contribution in [1.82, 2.24) is 0 Å². The maximum Gasteiger partial charge on any atom is 0.338 e. The van der Waals surface area contributed by atoms with Crippen molar-refractivity contribution >= 4 is 23.3 Å². The molecule has 0 saturated heterocycles. The van der Waals surface area contributed by atoms with E-state index in [9.17, 15) is 4.79 Å². The number of carbonyl (C=O) groups excluding carboxylic acids is 1. The molecule has 1 unspecified atom stereocenters. The van der Waals surface area contributed by atoms with Crippen molar-refractivity contribution in [3.8, 4) is 0 Å². The summed E-state index contributed by atoms with van der Waals surface area (Å²) in [4.78, 5) is 11.5. The molecule has 0 spiro atoms. The lowest BCUT2D eigenvalue weighted by molar-refractivity contribution is 0.0444. The van der Waals surface area contributed by atoms with Gasteiger partial charge in [-0.15, -0.1) is 0 Å². The molecule has 1 rings (SSSR count). The van der Waals surface area contributed by atoms with Gasteiger partial charge in [-0.1, -0.05) is 11.6 Å². The van der Waals surface area contributed by atoms with Crippen molar-refractivity contribution in [2.24, 2.45) is 0 Å². The van der Waals surface area contributed by atoms with Gasteiger partial charge >= 0.3 is 5.97 Å². The van der Waals surface area contributed by atoms with E-state index < -0.39 is 12.1 Å². The first kappa shape index (κ1) is 12.8. The molecule has 1 atom stereocenters. The summed E-state index contributed by atoms with van der Waals surface area (Å²) in [6.07, 6.45) is -0.0717. The number of rotatable bonds is 4. The molecular weight excluding hydrogens is 230 g/mol. The van der Waals surface area contributed by atoms with E-state index in [1.165, 1.54) is 6.07 Å². The molecule has 88 valence electrons. The van der Waals surface area contributed by atoms with E-state index in [-0.39, 0.29) is 6.61 Å². The van der Waals surface area contributed by atoms with Gasteiger partial charge in [0.25, 0.3) is 0 Å². The molecule has 0 amide bonds. The topological polar surface area (TPSA) is 72.5 Å². The molecule has 3 N–H and O–H groups in total. The van der Waals surface area contributed by atoms with Crippen molar-refractivity contribution in [3.05, 3.63) is 28.8 Å². The number of anilines is 1. The molecule has 0 aliphatic rings. The highest BCUT2D eigenvalue weighted by Gasteiger charge is 2.09. The van der Waals surface area contributed by atoms with E-state index in [4.69, 9.17) is 27.2 Å². The number of carbonyl (C=O) groups is 1. The predicted molar refractivity (Wildman–Crippen MR) is 62.4 cm³/mol. The summed E-state index contributed by atoms with van der Waals surface area (Å²) in [7, 11) is 0. The summed E-state index contributed by atoms with van der Waals surface area (Å²) in [5.74, 6) is -0.469. The van der Waals surface area contributed by atoms with Crippen molar-refractivity contribution < 1.29 is 14.6 Å². The van der Waals surface area contributed by atoms with Crippen molar-refractivity contribution in [2.45, 2.75) is 19.4 Å². The summed E-state index contributed by atoms with van der Waals surface area (Å²) >= 11 is 5.72. The van der Waals surface area contributed by atoms with Crippen LogP contribution < -0.4 is 5.73 Å². The second kappa shape index (κ2) is 5.72. The molecule has 1 aromatic rings. The molecule has 4 nitrogen and oxygen atoms in total. The maximum absolute atomic E-state index is 11.5. The maximum atomic E-state index is 11.5. The Bertz CT molecular complexity index is 379. The Balaban J connectivity index is 2.56. The van der Waals surface area contributed by atoms with E-state index in [1.807, 2.05) is 0 Å². The molecule has 5 heteroatoms. The van der Waals surface area contributed by atoms with Crippen LogP contribution >= 0.6 is 11.6 Å². The fraction of sp³-hybridized carbons (Fsp3) is 0.364. The third kappa shape index (κ3) is 3.72. The Hall–Kier alpha value is -1.26. The largest absolute Gasteiger partial charge is 0.462 e. The Morgan fingerprint density at radius 2 is 2.31 bits per heavy atom. The molecule has 0 heterocycles. The lowest BCUT2D eigenvalue weighted by Crippen LogP contribution is -2.11. The summed E-state index contributed by atoms with van der Waals surface area (Å²) in [6, 6.07) is 4.55. The zero-order valence-corrected chi connectivity index (χ0v) is 9.70. The molecule has 1 aromatic carbocycles. The Labute approximate surface area is 99.0 Å². The van der Waals surface area contributed by atoms with Gasteiger partial charge in [-0.3, -0.25) is 0 Å². The van der Waals surface area contributed by atoms with Crippen LogP contribution in [0.25, 0.3) is 0 Å². The quantitative estimate of drug-likeness (QED) is 0.625. The molecule has 0 saturated carbocycles. The fourth-order valence-corrected chi connectivity index (χ4v) is 1.19. The Kier molecular flexibility index (Phi) is 4.58. The average molecular weight is 244 g/mol. The van der Waals surface area contributed by atoms with Crippen molar-refractivity contribution in [2.75, 3.05) is 12.3 Å². The molecule has 0 radical (unpaired) electrons. The molecule has 0 aromatic heterocycles. The van der Waals surface area contributed by atoms with Gasteiger partial charge in [-0.25, -0.2) is 4.79 Å². The van der Waals surface area contributed by atoms with Crippen LogP contribution in [0.1, 0.15) is 23.7 Å². The van der Waals surface area contributed by atoms with Crippen LogP contribution in [0.5, 0.6) is 0 Å². The van der Waals surface area contributed by atoms with Crippen LogP contribution in [0.15, 0.2) is 18.2 Å². The lowest BCUT2D eigenvalue weighted by atomic mass is 10.2. The minimum atomic E-state index is -0.483. The second-order valence-corrected chi connectivity index (χ2v) is 3.92.